The molecule has 0 atom stereocenters. The van der Waals surface area contributed by atoms with Gasteiger partial charge in [-0.2, -0.15) is 0 Å². The molecule has 0 saturated carbocycles. The van der Waals surface area contributed by atoms with Gasteiger partial charge in [-0.05, 0) is 100 Å². The summed E-state index contributed by atoms with van der Waals surface area (Å²) in [5, 5.41) is 0.506. The first-order valence-electron chi connectivity index (χ1n) is 11.6. The number of aliphatic imine (C=N–C) groups is 1. The van der Waals surface area contributed by atoms with E-state index in [-0.39, 0.29) is 18.3 Å². The van der Waals surface area contributed by atoms with Gasteiger partial charge in [0.2, 0.25) is 0 Å². The molecule has 7 nitrogen and oxygen atoms in total. The summed E-state index contributed by atoms with van der Waals surface area (Å²) >= 11 is 4.76. The van der Waals surface area contributed by atoms with Crippen molar-refractivity contribution in [3.05, 3.63) is 92.5 Å². The Morgan fingerprint density at radius 3 is 2.61 bits per heavy atom. The highest BCUT2D eigenvalue weighted by Gasteiger charge is 2.30. The zero-order valence-electron chi connectivity index (χ0n) is 20.9. The normalized spacial score (nSPS) is 15.3. The summed E-state index contributed by atoms with van der Waals surface area (Å²) < 4.78 is 30.5. The van der Waals surface area contributed by atoms with Gasteiger partial charge in [-0.15, -0.1) is 0 Å². The maximum Gasteiger partial charge on any atom is 0.338 e. The minimum Gasteiger partial charge on any atom is -0.493 e. The summed E-state index contributed by atoms with van der Waals surface area (Å²) in [5.74, 6) is 0.00111. The number of ether oxygens (including phenoxy) is 3. The highest BCUT2D eigenvalue weighted by Crippen LogP contribution is 2.39. The largest absolute Gasteiger partial charge is 0.493 e. The molecule has 0 N–H and O–H groups in total. The first-order valence-corrected chi connectivity index (χ1v) is 13.2. The third-order valence-electron chi connectivity index (χ3n) is 5.43. The number of rotatable bonds is 8. The van der Waals surface area contributed by atoms with Crippen LogP contribution in [0.25, 0.3) is 6.08 Å². The second kappa shape index (κ2) is 12.3. The highest BCUT2D eigenvalue weighted by molar-refractivity contribution is 9.10. The number of likely N-dealkylation sites (N-methyl/N-ethyl adjacent to an activating group) is 1. The number of hydrogen-bond donors (Lipinski definition) is 0. The SMILES string of the molecule is CCOC(=O)c1ccc(N=C2S/C(=C\c3cc(Br)c(OCc4cccc(F)c4)c(OC)c3)C(=O)N2C)cc1. The Balaban J connectivity index is 1.53. The van der Waals surface area contributed by atoms with Gasteiger partial charge in [-0.3, -0.25) is 9.69 Å². The van der Waals surface area contributed by atoms with E-state index in [4.69, 9.17) is 14.2 Å². The maximum atomic E-state index is 13.5. The number of carbonyl (C=O) groups is 2. The van der Waals surface area contributed by atoms with E-state index in [1.54, 1.807) is 62.5 Å². The van der Waals surface area contributed by atoms with Crippen LogP contribution in [0, 0.1) is 5.82 Å². The van der Waals surface area contributed by atoms with Crippen LogP contribution in [-0.4, -0.2) is 42.7 Å². The molecule has 3 aromatic rings. The van der Waals surface area contributed by atoms with Crippen LogP contribution >= 0.6 is 27.7 Å². The van der Waals surface area contributed by atoms with Crippen LogP contribution in [0.4, 0.5) is 10.1 Å². The standard InChI is InChI=1S/C28H24BrFN2O5S/c1-4-36-27(34)19-8-10-21(11-9-19)31-28-32(2)26(33)24(38-28)15-18-13-22(29)25(23(14-18)35-3)37-16-17-6-5-7-20(30)12-17/h5-15H,4,16H2,1-3H3/b24-15-,31-28?. The van der Waals surface area contributed by atoms with Crippen molar-refractivity contribution in [2.24, 2.45) is 4.99 Å². The van der Waals surface area contributed by atoms with E-state index in [1.807, 2.05) is 6.07 Å². The quantitative estimate of drug-likeness (QED) is 0.215. The highest BCUT2D eigenvalue weighted by atomic mass is 79.9. The molecule has 38 heavy (non-hydrogen) atoms. The summed E-state index contributed by atoms with van der Waals surface area (Å²) in [6.45, 7) is 2.21. The zero-order valence-corrected chi connectivity index (χ0v) is 23.3. The first kappa shape index (κ1) is 27.4. The van der Waals surface area contributed by atoms with Crippen molar-refractivity contribution in [2.45, 2.75) is 13.5 Å². The summed E-state index contributed by atoms with van der Waals surface area (Å²) in [4.78, 5) is 31.3. The Morgan fingerprint density at radius 1 is 1.16 bits per heavy atom. The second-order valence-corrected chi connectivity index (χ2v) is 9.95. The number of methoxy groups -OCH3 is 1. The Hall–Kier alpha value is -3.63. The number of carbonyl (C=O) groups excluding carboxylic acids is 2. The Labute approximate surface area is 232 Å². The Bertz CT molecular complexity index is 1430. The summed E-state index contributed by atoms with van der Waals surface area (Å²) in [7, 11) is 3.18. The molecule has 0 aliphatic carbocycles. The fourth-order valence-corrected chi connectivity index (χ4v) is 5.11. The lowest BCUT2D eigenvalue weighted by molar-refractivity contribution is -0.121. The molecule has 0 aromatic heterocycles. The fourth-order valence-electron chi connectivity index (χ4n) is 3.55. The molecule has 0 bridgehead atoms. The number of thioether (sulfide) groups is 1. The fraction of sp³-hybridized carbons (Fsp3) is 0.179. The van der Waals surface area contributed by atoms with Gasteiger partial charge in [0.05, 0.1) is 34.3 Å². The number of nitrogens with zero attached hydrogens (tertiary/aromatic N) is 2. The Morgan fingerprint density at radius 2 is 1.92 bits per heavy atom. The monoisotopic (exact) mass is 598 g/mol. The van der Waals surface area contributed by atoms with Gasteiger partial charge in [-0.1, -0.05) is 12.1 Å². The van der Waals surface area contributed by atoms with E-state index in [0.29, 0.717) is 49.5 Å². The molecule has 0 radical (unpaired) electrons. The zero-order chi connectivity index (χ0) is 27.2. The van der Waals surface area contributed by atoms with Gasteiger partial charge in [0.25, 0.3) is 5.91 Å². The van der Waals surface area contributed by atoms with Crippen LogP contribution in [0.15, 0.2) is 75.0 Å². The van der Waals surface area contributed by atoms with E-state index < -0.39 is 5.97 Å². The molecular formula is C28H24BrFN2O5S. The van der Waals surface area contributed by atoms with Gasteiger partial charge >= 0.3 is 5.97 Å². The lowest BCUT2D eigenvalue weighted by Gasteiger charge is -2.14. The first-order chi connectivity index (χ1) is 18.3. The molecule has 1 amide bonds. The summed E-state index contributed by atoms with van der Waals surface area (Å²) in [6.07, 6.45) is 1.75. The van der Waals surface area contributed by atoms with Crippen molar-refractivity contribution in [3.8, 4) is 11.5 Å². The van der Waals surface area contributed by atoms with Crippen LogP contribution in [0.2, 0.25) is 0 Å². The van der Waals surface area contributed by atoms with Crippen LogP contribution in [0.5, 0.6) is 11.5 Å². The minimum absolute atomic E-state index is 0.160. The number of hydrogen-bond acceptors (Lipinski definition) is 7. The van der Waals surface area contributed by atoms with E-state index in [2.05, 4.69) is 20.9 Å². The van der Waals surface area contributed by atoms with E-state index in [0.717, 1.165) is 5.56 Å². The van der Waals surface area contributed by atoms with E-state index in [9.17, 15) is 14.0 Å². The van der Waals surface area contributed by atoms with Gasteiger partial charge in [0, 0.05) is 7.05 Å². The lowest BCUT2D eigenvalue weighted by atomic mass is 10.1. The predicted octanol–water partition coefficient (Wildman–Crippen LogP) is 6.59. The maximum absolute atomic E-state index is 13.5. The average Bonchev–Trinajstić information content (AvgIpc) is 3.16. The number of esters is 1. The molecule has 10 heteroatoms. The molecule has 1 fully saturated rings. The third kappa shape index (κ3) is 6.43. The van der Waals surface area contributed by atoms with Crippen molar-refractivity contribution in [2.75, 3.05) is 20.8 Å². The molecule has 1 saturated heterocycles. The molecule has 1 aliphatic heterocycles. The summed E-state index contributed by atoms with van der Waals surface area (Å²) in [5.41, 5.74) is 2.44. The Kier molecular flexibility index (Phi) is 8.85. The topological polar surface area (TPSA) is 77.4 Å². The summed E-state index contributed by atoms with van der Waals surface area (Å²) in [6, 6.07) is 16.4. The molecule has 1 aliphatic rings. The van der Waals surface area contributed by atoms with E-state index >= 15 is 0 Å². The molecule has 0 unspecified atom stereocenters. The molecule has 196 valence electrons. The van der Waals surface area contributed by atoms with Crippen LogP contribution in [0.3, 0.4) is 0 Å². The lowest BCUT2D eigenvalue weighted by Crippen LogP contribution is -2.23. The third-order valence-corrected chi connectivity index (χ3v) is 7.08. The van der Waals surface area contributed by atoms with Gasteiger partial charge in [0.15, 0.2) is 16.7 Å². The van der Waals surface area contributed by atoms with Crippen molar-refractivity contribution >= 4 is 56.5 Å². The number of amidine groups is 1. The molecular weight excluding hydrogens is 575 g/mol. The van der Waals surface area contributed by atoms with Crippen molar-refractivity contribution in [1.29, 1.82) is 0 Å². The molecule has 3 aromatic carbocycles. The number of halogens is 2. The predicted molar refractivity (Wildman–Crippen MR) is 149 cm³/mol. The van der Waals surface area contributed by atoms with E-state index in [1.165, 1.54) is 35.9 Å². The molecule has 4 rings (SSSR count). The smallest absolute Gasteiger partial charge is 0.338 e. The van der Waals surface area contributed by atoms with Crippen LogP contribution < -0.4 is 9.47 Å². The molecule has 1 heterocycles. The number of amides is 1. The molecule has 0 spiro atoms. The van der Waals surface area contributed by atoms with Crippen LogP contribution in [0.1, 0.15) is 28.4 Å². The average molecular weight is 599 g/mol. The van der Waals surface area contributed by atoms with Crippen LogP contribution in [-0.2, 0) is 16.1 Å². The van der Waals surface area contributed by atoms with Gasteiger partial charge in [0.1, 0.15) is 12.4 Å². The van der Waals surface area contributed by atoms with Crippen molar-refractivity contribution < 1.29 is 28.2 Å². The van der Waals surface area contributed by atoms with Crippen molar-refractivity contribution in [1.82, 2.24) is 4.90 Å². The van der Waals surface area contributed by atoms with Gasteiger partial charge < -0.3 is 14.2 Å². The van der Waals surface area contributed by atoms with Gasteiger partial charge in [-0.25, -0.2) is 14.2 Å². The van der Waals surface area contributed by atoms with Crippen molar-refractivity contribution in [3.63, 3.8) is 0 Å². The minimum atomic E-state index is -0.397. The number of benzene rings is 3. The second-order valence-electron chi connectivity index (χ2n) is 8.09.